The van der Waals surface area contributed by atoms with Crippen molar-refractivity contribution in [1.29, 1.82) is 0 Å². The summed E-state index contributed by atoms with van der Waals surface area (Å²) in [6.45, 7) is 3.87. The van der Waals surface area contributed by atoms with Gasteiger partial charge < -0.3 is 25.5 Å². The van der Waals surface area contributed by atoms with Crippen LogP contribution in [-0.4, -0.2) is 86.5 Å². The molecule has 0 aromatic heterocycles. The van der Waals surface area contributed by atoms with Crippen molar-refractivity contribution in [3.8, 4) is 23.0 Å². The van der Waals surface area contributed by atoms with Crippen LogP contribution in [0.4, 0.5) is 22.7 Å². The Kier molecular flexibility index (Phi) is 50.2. The van der Waals surface area contributed by atoms with Crippen LogP contribution in [0.5, 0.6) is 23.0 Å². The number of aliphatic hydroxyl groups excluding tert-OH is 1. The van der Waals surface area contributed by atoms with Gasteiger partial charge in [-0.25, -0.2) is 0 Å². The van der Waals surface area contributed by atoms with Crippen molar-refractivity contribution in [2.24, 2.45) is 0 Å². The first-order chi connectivity index (χ1) is 52.5. The second kappa shape index (κ2) is 55.6. The normalized spacial score (nSPS) is 10.9. The molecule has 1 N–H and O–H groups in total. The maximum Gasteiger partial charge on any atom is 1.00 e. The summed E-state index contributed by atoms with van der Waals surface area (Å²) >= 11 is 26.6. The van der Waals surface area contributed by atoms with Gasteiger partial charge >= 0.3 is 243 Å². The molecule has 1 saturated heterocycles. The Morgan fingerprint density at radius 3 is 1.00 bits per heavy atom. The molecule has 12 rings (SSSR count). The fourth-order valence-electron chi connectivity index (χ4n) is 10.3. The predicted molar refractivity (Wildman–Crippen MR) is 474 cm³/mol. The topological polar surface area (TPSA) is 256 Å². The number of methoxy groups -OCH3 is 4. The molecular weight excluding hydrogens is 1850 g/mol. The van der Waals surface area contributed by atoms with Crippen molar-refractivity contribution in [2.45, 2.75) is 37.9 Å². The predicted octanol–water partition coefficient (Wildman–Crippen LogP) is 18.7. The Balaban J connectivity index is 0.000000681. The number of nitro benzene ring substituents is 4. The summed E-state index contributed by atoms with van der Waals surface area (Å²) in [4.78, 5) is 51.6. The number of nitrogens with zero attached hydrogens (tertiary/aromatic N) is 4. The van der Waals surface area contributed by atoms with Crippen molar-refractivity contribution in [2.75, 3.05) is 47.0 Å². The Hall–Kier alpha value is -6.86. The molecule has 19 nitrogen and oxygen atoms in total. The van der Waals surface area contributed by atoms with Crippen molar-refractivity contribution >= 4 is 188 Å². The first kappa shape index (κ1) is 100. The molecule has 1 aliphatic heterocycles. The zero-order valence-electron chi connectivity index (χ0n) is 62.4. The molecule has 1 aliphatic rings. The molecule has 3 radical (unpaired) electrons. The number of rotatable bonds is 19. The first-order valence-corrected chi connectivity index (χ1v) is 48.1. The van der Waals surface area contributed by atoms with Gasteiger partial charge in [-0.15, -0.1) is 23.2 Å². The van der Waals surface area contributed by atoms with Crippen LogP contribution in [0, 0.1) is 47.4 Å². The van der Waals surface area contributed by atoms with E-state index in [4.69, 9.17) is 52.0 Å². The van der Waals surface area contributed by atoms with Crippen LogP contribution in [0.15, 0.2) is 285 Å². The number of halogens is 7. The van der Waals surface area contributed by atoms with Gasteiger partial charge in [-0.1, -0.05) is 155 Å². The molecular formula is C80H81BBr5Cl2N4NaO15P3. The molecule has 31 heteroatoms. The quantitative estimate of drug-likeness (QED) is 0.0197. The fourth-order valence-corrected chi connectivity index (χ4v) is 20.7. The van der Waals surface area contributed by atoms with Crippen LogP contribution >= 0.6 is 118 Å². The maximum absolute atomic E-state index is 11.7. The van der Waals surface area contributed by atoms with Crippen molar-refractivity contribution < 1.29 is 84.3 Å². The van der Waals surface area contributed by atoms with Crippen LogP contribution in [0.2, 0.25) is 0 Å². The largest absolute Gasteiger partial charge is 1.00 e. The van der Waals surface area contributed by atoms with E-state index < -0.39 is 28.0 Å². The molecule has 0 atom stereocenters. The maximum atomic E-state index is 11.7. The minimum Gasteiger partial charge on any atom is -1.00 e. The zero-order valence-corrected chi connectivity index (χ0v) is 75.5. The Morgan fingerprint density at radius 2 is 0.739 bits per heavy atom. The third-order valence-electron chi connectivity index (χ3n) is 15.4. The van der Waals surface area contributed by atoms with Crippen LogP contribution in [-0.2, 0) is 22.8 Å². The summed E-state index contributed by atoms with van der Waals surface area (Å²) in [6, 6.07) is 92.2. The summed E-state index contributed by atoms with van der Waals surface area (Å²) in [5.41, 5.74) is 3.43. The van der Waals surface area contributed by atoms with Gasteiger partial charge in [0.15, 0.2) is 17.2 Å². The van der Waals surface area contributed by atoms with E-state index in [9.17, 15) is 45.3 Å². The number of aliphatic hydroxyl groups is 1. The third-order valence-corrected chi connectivity index (χ3v) is 28.0. The number of aryl methyl sites for hydroxylation is 1. The van der Waals surface area contributed by atoms with Crippen LogP contribution in [0.25, 0.3) is 0 Å². The molecule has 0 amide bonds. The second-order valence-corrected chi connectivity index (χ2v) is 50.2. The fraction of sp³-hybridized carbons (Fsp3) is 0.163. The number of nitro groups is 4. The average Bonchev–Trinajstić information content (AvgIpc) is 0.735. The van der Waals surface area contributed by atoms with E-state index in [0.717, 1.165) is 40.3 Å². The summed E-state index contributed by atoms with van der Waals surface area (Å²) in [5.74, 6) is 0.889. The van der Waals surface area contributed by atoms with Gasteiger partial charge in [0.2, 0.25) is 0 Å². The third kappa shape index (κ3) is 33.2. The number of alkyl halides is 3. The van der Waals surface area contributed by atoms with E-state index >= 15 is 0 Å². The van der Waals surface area contributed by atoms with Crippen molar-refractivity contribution in [3.05, 3.63) is 353 Å². The summed E-state index contributed by atoms with van der Waals surface area (Å²) in [5, 5.41) is 57.2. The monoisotopic (exact) mass is 1930 g/mol. The second-order valence-electron chi connectivity index (χ2n) is 22.3. The Bertz CT molecular complexity index is 4270. The number of carbonyl (C=O) groups is 1. The molecule has 11 aromatic carbocycles. The minimum absolute atomic E-state index is 0. The number of benzene rings is 11. The number of carbonyl (C=O) groups excluding carboxylic acids is 1. The van der Waals surface area contributed by atoms with E-state index in [0.29, 0.717) is 23.3 Å². The summed E-state index contributed by atoms with van der Waals surface area (Å²) in [7, 11) is 5.11. The molecule has 1 heterocycles. The van der Waals surface area contributed by atoms with Crippen molar-refractivity contribution in [3.63, 3.8) is 0 Å². The molecule has 11 aromatic rings. The number of aldehydes is 1. The van der Waals surface area contributed by atoms with Gasteiger partial charge in [0.1, 0.15) is 10.3 Å². The van der Waals surface area contributed by atoms with Crippen molar-refractivity contribution in [1.82, 2.24) is 0 Å². The molecule has 579 valence electrons. The number of ether oxygens (including phenoxy) is 5. The molecule has 0 unspecified atom stereocenters. The molecule has 0 bridgehead atoms. The van der Waals surface area contributed by atoms with Crippen LogP contribution in [0.3, 0.4) is 0 Å². The van der Waals surface area contributed by atoms with Gasteiger partial charge in [-0.2, -0.15) is 0 Å². The van der Waals surface area contributed by atoms with Crippen LogP contribution < -0.4 is 80.3 Å². The van der Waals surface area contributed by atoms with Gasteiger partial charge in [0.05, 0.1) is 48.0 Å². The van der Waals surface area contributed by atoms with E-state index in [2.05, 4.69) is 224 Å². The molecule has 111 heavy (non-hydrogen) atoms. The zero-order chi connectivity index (χ0) is 80.0. The Labute approximate surface area is 726 Å². The van der Waals surface area contributed by atoms with Gasteiger partial charge in [-0.05, 0) is 125 Å². The first-order valence-electron chi connectivity index (χ1n) is 32.7. The van der Waals surface area contributed by atoms with Gasteiger partial charge in [0, 0.05) is 50.7 Å². The van der Waals surface area contributed by atoms with Gasteiger partial charge in [-0.3, -0.25) is 35.1 Å². The average molecular weight is 1940 g/mol. The molecule has 0 spiro atoms. The van der Waals surface area contributed by atoms with E-state index in [-0.39, 0.29) is 112 Å². The van der Waals surface area contributed by atoms with E-state index in [1.54, 1.807) is 30.3 Å². The standard InChI is InChI=1S/C26H23BrNO3P.C18H15P.C8H8BrNO3.C8H9NO4.C8H7NO4.C7H8.C4H8O.CH2Cl2.B.Br3P.Na.H/c1-31-26-18-17-21(19-25(26)28(29)30)20-32(27,22-11-5-2-6-12-22,23-13-7-3-8-14-23)24-15-9-4-10-16-24;1-4-10-16(11-5-1)19(17-12-6-2-7-13-17)18-14-8-3-9-15-18;1-13-8-3-2-6(5-9)4-7(8)10(11)12;2*1-13-8-3-2-6(5-10)4-7(8)9(11)12;1-7-5-3-2-4-6-7;1-2-4-5-3-1;2-1-3;;1-4(2)3;;/h2-19H,20H2,1H3;1-15H;2-4H,5H2,1H3;2-4,10H,5H2,1H3;2-5H,1H3;2-6H,1H3;1-4H2;1H2;;;;/q;;;;;;;;;;+1;-1. The van der Waals surface area contributed by atoms with Crippen LogP contribution in [0.1, 0.15) is 46.9 Å². The molecule has 0 aliphatic carbocycles. The number of hydrogen-bond acceptors (Lipinski definition) is 15. The van der Waals surface area contributed by atoms with E-state index in [1.165, 1.54) is 99.2 Å². The Morgan fingerprint density at radius 1 is 0.468 bits per heavy atom. The number of hydrogen-bond donors (Lipinski definition) is 1. The van der Waals surface area contributed by atoms with Gasteiger partial charge in [0.25, 0.3) is 0 Å². The SMILES string of the molecule is BrP(Br)Br.C1CCOC1.COc1ccc(C=O)cc1[N+](=O)[O-].COc1ccc(CBr)cc1[N+](=O)[O-].COc1ccc(CO)cc1[N+](=O)[O-].COc1ccc(CP(Br)(c2ccccc2)(c2ccccc2)c2ccccc2)cc1[N+](=O)[O-].Cc1ccccc1.ClCCl.[B].[H-].[Na+].c1ccc(P(c2ccccc2)c2ccccc2)cc1. The molecule has 1 fully saturated rings. The van der Waals surface area contributed by atoms with E-state index in [1.807, 2.05) is 78.9 Å². The minimum atomic E-state index is -3.22. The summed E-state index contributed by atoms with van der Waals surface area (Å²) in [6.07, 6.45) is 3.68. The summed E-state index contributed by atoms with van der Waals surface area (Å²) < 4.78 is 24.4. The molecule has 0 saturated carbocycles. The smallest absolute Gasteiger partial charge is 1.00 e.